The van der Waals surface area contributed by atoms with E-state index in [-0.39, 0.29) is 17.6 Å². The van der Waals surface area contributed by atoms with Crippen molar-refractivity contribution in [2.45, 2.75) is 26.7 Å². The fourth-order valence-corrected chi connectivity index (χ4v) is 5.32. The van der Waals surface area contributed by atoms with Gasteiger partial charge in [0.1, 0.15) is 5.82 Å². The number of amides is 2. The number of fused-ring (bicyclic) bond motifs is 1. The normalized spacial score (nSPS) is 11.0. The summed E-state index contributed by atoms with van der Waals surface area (Å²) in [5, 5.41) is 8.55. The maximum absolute atomic E-state index is 14.1. The first kappa shape index (κ1) is 22.1. The van der Waals surface area contributed by atoms with Crippen molar-refractivity contribution in [2.24, 2.45) is 0 Å². The monoisotopic (exact) mass is 467 g/mol. The van der Waals surface area contributed by atoms with Crippen LogP contribution in [0.2, 0.25) is 0 Å². The van der Waals surface area contributed by atoms with Gasteiger partial charge in [-0.15, -0.1) is 22.7 Å². The summed E-state index contributed by atoms with van der Waals surface area (Å²) < 4.78 is 14.9. The number of thiophene rings is 1. The van der Waals surface area contributed by atoms with E-state index in [2.05, 4.69) is 27.8 Å². The first-order chi connectivity index (χ1) is 15.4. The number of halogens is 1. The predicted molar refractivity (Wildman–Crippen MR) is 129 cm³/mol. The lowest BCUT2D eigenvalue weighted by atomic mass is 10.1. The van der Waals surface area contributed by atoms with Crippen molar-refractivity contribution in [1.82, 2.24) is 10.3 Å². The summed E-state index contributed by atoms with van der Waals surface area (Å²) in [4.78, 5) is 28.7. The van der Waals surface area contributed by atoms with E-state index in [4.69, 9.17) is 0 Å². The lowest BCUT2D eigenvalue weighted by molar-refractivity contribution is -0.118. The number of aromatic nitrogens is 1. The van der Waals surface area contributed by atoms with Gasteiger partial charge < -0.3 is 5.32 Å². The van der Waals surface area contributed by atoms with Crippen LogP contribution in [0.3, 0.4) is 0 Å². The number of aryl methyl sites for hydroxylation is 2. The Labute approximate surface area is 193 Å². The summed E-state index contributed by atoms with van der Waals surface area (Å²) in [5.41, 5.74) is 3.59. The Balaban J connectivity index is 1.42. The van der Waals surface area contributed by atoms with E-state index in [1.165, 1.54) is 41.2 Å². The minimum absolute atomic E-state index is 0.0125. The number of anilines is 1. The Morgan fingerprint density at radius 2 is 1.91 bits per heavy atom. The van der Waals surface area contributed by atoms with Gasteiger partial charge in [-0.3, -0.25) is 14.9 Å². The van der Waals surface area contributed by atoms with Crippen LogP contribution in [0.15, 0.2) is 47.8 Å². The highest BCUT2D eigenvalue weighted by Crippen LogP contribution is 2.33. The highest BCUT2D eigenvalue weighted by molar-refractivity contribution is 7.21. The summed E-state index contributed by atoms with van der Waals surface area (Å²) in [6.45, 7) is 3.95. The molecule has 2 aromatic heterocycles. The Bertz CT molecular complexity index is 1280. The van der Waals surface area contributed by atoms with E-state index in [0.717, 1.165) is 28.8 Å². The number of rotatable bonds is 7. The van der Waals surface area contributed by atoms with Crippen molar-refractivity contribution in [3.63, 3.8) is 0 Å². The van der Waals surface area contributed by atoms with Crippen LogP contribution < -0.4 is 10.6 Å². The summed E-state index contributed by atoms with van der Waals surface area (Å²) >= 11 is 2.64. The number of hydrogen-bond acceptors (Lipinski definition) is 5. The van der Waals surface area contributed by atoms with Crippen molar-refractivity contribution < 1.29 is 14.0 Å². The second-order valence-electron chi connectivity index (χ2n) is 7.44. The van der Waals surface area contributed by atoms with Gasteiger partial charge in [-0.1, -0.05) is 30.3 Å². The second kappa shape index (κ2) is 9.58. The first-order valence-corrected chi connectivity index (χ1v) is 11.9. The Morgan fingerprint density at radius 3 is 2.62 bits per heavy atom. The molecule has 32 heavy (non-hydrogen) atoms. The maximum atomic E-state index is 14.1. The van der Waals surface area contributed by atoms with E-state index < -0.39 is 0 Å². The Hall–Kier alpha value is -3.10. The number of thiazole rings is 1. The van der Waals surface area contributed by atoms with Crippen LogP contribution >= 0.6 is 22.7 Å². The number of carbonyl (C=O) groups excluding carboxylic acids is 2. The smallest absolute Gasteiger partial charge is 0.267 e. The van der Waals surface area contributed by atoms with Gasteiger partial charge >= 0.3 is 0 Å². The summed E-state index contributed by atoms with van der Waals surface area (Å²) in [6, 6.07) is 13.0. The van der Waals surface area contributed by atoms with Gasteiger partial charge in [-0.05, 0) is 43.0 Å². The average molecular weight is 468 g/mol. The largest absolute Gasteiger partial charge is 0.356 e. The van der Waals surface area contributed by atoms with Crippen LogP contribution in [0.1, 0.15) is 34.1 Å². The Kier molecular flexibility index (Phi) is 6.62. The molecule has 2 N–H and O–H groups in total. The standard InChI is InChI=1S/C24H22FN3O2S2/c1-14-21-18(25)6-3-7-20(21)32-22(14)23(30)28-24-27-19(13-31-24)17-10-8-16(9-11-17)5-4-12-26-15(2)29/h3,6-11,13H,4-5,12H2,1-2H3,(H,26,29)(H,27,28,30). The molecule has 8 heteroatoms. The minimum atomic E-state index is -0.314. The minimum Gasteiger partial charge on any atom is -0.356 e. The fraction of sp³-hybridized carbons (Fsp3) is 0.208. The molecule has 2 amide bonds. The zero-order valence-electron chi connectivity index (χ0n) is 17.7. The summed E-state index contributed by atoms with van der Waals surface area (Å²) in [5.74, 6) is -0.606. The molecule has 0 atom stereocenters. The van der Waals surface area contributed by atoms with Crippen molar-refractivity contribution in [3.05, 3.63) is 69.7 Å². The third-order valence-corrected chi connectivity index (χ3v) is 7.11. The van der Waals surface area contributed by atoms with Gasteiger partial charge in [-0.2, -0.15) is 0 Å². The van der Waals surface area contributed by atoms with Crippen molar-refractivity contribution in [1.29, 1.82) is 0 Å². The third-order valence-electron chi connectivity index (χ3n) is 5.10. The van der Waals surface area contributed by atoms with Gasteiger partial charge in [0.15, 0.2) is 5.13 Å². The molecule has 5 nitrogen and oxygen atoms in total. The van der Waals surface area contributed by atoms with E-state index in [0.29, 0.717) is 27.5 Å². The van der Waals surface area contributed by atoms with Crippen molar-refractivity contribution in [2.75, 3.05) is 11.9 Å². The van der Waals surface area contributed by atoms with Crippen molar-refractivity contribution in [3.8, 4) is 11.3 Å². The lowest BCUT2D eigenvalue weighted by Crippen LogP contribution is -2.21. The zero-order chi connectivity index (χ0) is 22.7. The van der Waals surface area contributed by atoms with E-state index in [1.807, 2.05) is 23.6 Å². The van der Waals surface area contributed by atoms with Crippen LogP contribution in [0.4, 0.5) is 9.52 Å². The van der Waals surface area contributed by atoms with Crippen LogP contribution in [0.5, 0.6) is 0 Å². The molecule has 0 unspecified atom stereocenters. The molecule has 0 bridgehead atoms. The molecule has 164 valence electrons. The van der Waals surface area contributed by atoms with E-state index in [9.17, 15) is 14.0 Å². The molecule has 0 radical (unpaired) electrons. The molecule has 4 aromatic rings. The molecular weight excluding hydrogens is 445 g/mol. The van der Waals surface area contributed by atoms with Gasteiger partial charge in [0.25, 0.3) is 5.91 Å². The van der Waals surface area contributed by atoms with Gasteiger partial charge in [0.05, 0.1) is 10.6 Å². The number of hydrogen-bond donors (Lipinski definition) is 2. The highest BCUT2D eigenvalue weighted by Gasteiger charge is 2.19. The lowest BCUT2D eigenvalue weighted by Gasteiger charge is -2.04. The van der Waals surface area contributed by atoms with Crippen LogP contribution in [0.25, 0.3) is 21.3 Å². The van der Waals surface area contributed by atoms with Gasteiger partial charge in [0, 0.05) is 34.5 Å². The molecule has 0 aliphatic heterocycles. The molecule has 2 aromatic carbocycles. The van der Waals surface area contributed by atoms with E-state index >= 15 is 0 Å². The SMILES string of the molecule is CC(=O)NCCCc1ccc(-c2csc(NC(=O)c3sc4cccc(F)c4c3C)n2)cc1. The number of benzene rings is 2. The maximum Gasteiger partial charge on any atom is 0.267 e. The Morgan fingerprint density at radius 1 is 1.12 bits per heavy atom. The number of nitrogens with zero attached hydrogens (tertiary/aromatic N) is 1. The van der Waals surface area contributed by atoms with Crippen LogP contribution in [0, 0.1) is 12.7 Å². The topological polar surface area (TPSA) is 71.1 Å². The molecule has 0 saturated carbocycles. The van der Waals surface area contributed by atoms with Gasteiger partial charge in [-0.25, -0.2) is 9.37 Å². The zero-order valence-corrected chi connectivity index (χ0v) is 19.3. The van der Waals surface area contributed by atoms with Crippen LogP contribution in [-0.2, 0) is 11.2 Å². The van der Waals surface area contributed by atoms with Crippen LogP contribution in [-0.4, -0.2) is 23.3 Å². The second-order valence-corrected chi connectivity index (χ2v) is 9.35. The molecule has 0 fully saturated rings. The average Bonchev–Trinajstić information content (AvgIpc) is 3.37. The fourth-order valence-electron chi connectivity index (χ4n) is 3.49. The molecular formula is C24H22FN3O2S2. The summed E-state index contributed by atoms with van der Waals surface area (Å²) in [6.07, 6.45) is 1.76. The van der Waals surface area contributed by atoms with Gasteiger partial charge in [0.2, 0.25) is 5.91 Å². The number of carbonyl (C=O) groups is 2. The van der Waals surface area contributed by atoms with E-state index in [1.54, 1.807) is 13.0 Å². The first-order valence-electron chi connectivity index (χ1n) is 10.2. The molecule has 0 spiro atoms. The molecule has 0 aliphatic carbocycles. The molecule has 4 rings (SSSR count). The quantitative estimate of drug-likeness (QED) is 0.338. The molecule has 0 aliphatic rings. The molecule has 2 heterocycles. The molecule has 0 saturated heterocycles. The number of nitrogens with one attached hydrogen (secondary N) is 2. The van der Waals surface area contributed by atoms with Crippen molar-refractivity contribution >= 4 is 49.7 Å². The summed E-state index contributed by atoms with van der Waals surface area (Å²) in [7, 11) is 0. The predicted octanol–water partition coefficient (Wildman–Crippen LogP) is 5.79. The highest BCUT2D eigenvalue weighted by atomic mass is 32.1. The third kappa shape index (κ3) is 4.87.